The number of rotatable bonds is 5. The van der Waals surface area contributed by atoms with Crippen molar-refractivity contribution in [1.82, 2.24) is 20.5 Å². The first-order valence-corrected chi connectivity index (χ1v) is 8.63. The van der Waals surface area contributed by atoms with Crippen molar-refractivity contribution in [2.24, 2.45) is 0 Å². The van der Waals surface area contributed by atoms with Gasteiger partial charge in [0.15, 0.2) is 0 Å². The predicted octanol–water partition coefficient (Wildman–Crippen LogP) is 1.91. The Morgan fingerprint density at radius 1 is 1.39 bits per heavy atom. The normalized spacial score (nSPS) is 24.0. The molecule has 3 rings (SSSR count). The Morgan fingerprint density at radius 3 is 3.17 bits per heavy atom. The van der Waals surface area contributed by atoms with Gasteiger partial charge in [-0.15, -0.1) is 0 Å². The van der Waals surface area contributed by atoms with Crippen molar-refractivity contribution in [1.29, 1.82) is 0 Å². The van der Waals surface area contributed by atoms with Crippen molar-refractivity contribution in [2.45, 2.75) is 51.2 Å². The lowest BCUT2D eigenvalue weighted by molar-refractivity contribution is 0.179. The van der Waals surface area contributed by atoms with Crippen molar-refractivity contribution >= 4 is 6.03 Å². The lowest BCUT2D eigenvalue weighted by Crippen LogP contribution is -2.49. The summed E-state index contributed by atoms with van der Waals surface area (Å²) in [6.45, 7) is 5.20. The SMILES string of the molecule is CCOc1ncccc1CNC(=O)NC1CCN2CCCCC12. The summed E-state index contributed by atoms with van der Waals surface area (Å²) < 4.78 is 5.48. The third-order valence-electron chi connectivity index (χ3n) is 4.74. The fraction of sp³-hybridized carbons (Fsp3) is 0.647. The second-order valence-corrected chi connectivity index (χ2v) is 6.22. The molecule has 0 saturated carbocycles. The van der Waals surface area contributed by atoms with E-state index in [0.717, 1.165) is 18.5 Å². The quantitative estimate of drug-likeness (QED) is 0.870. The second-order valence-electron chi connectivity index (χ2n) is 6.22. The molecule has 2 fully saturated rings. The van der Waals surface area contributed by atoms with E-state index in [-0.39, 0.29) is 12.1 Å². The van der Waals surface area contributed by atoms with Crippen LogP contribution in [-0.4, -0.2) is 47.7 Å². The number of piperidine rings is 1. The number of carbonyl (C=O) groups excluding carboxylic acids is 1. The van der Waals surface area contributed by atoms with Crippen LogP contribution in [-0.2, 0) is 6.54 Å². The third-order valence-corrected chi connectivity index (χ3v) is 4.74. The van der Waals surface area contributed by atoms with Gasteiger partial charge in [0, 0.05) is 36.9 Å². The van der Waals surface area contributed by atoms with E-state index in [0.29, 0.717) is 25.1 Å². The molecule has 1 aromatic rings. The van der Waals surface area contributed by atoms with Gasteiger partial charge in [-0.2, -0.15) is 0 Å². The molecule has 6 heteroatoms. The van der Waals surface area contributed by atoms with E-state index < -0.39 is 0 Å². The maximum Gasteiger partial charge on any atom is 0.315 e. The number of hydrogen-bond donors (Lipinski definition) is 2. The summed E-state index contributed by atoms with van der Waals surface area (Å²) in [7, 11) is 0. The summed E-state index contributed by atoms with van der Waals surface area (Å²) in [5.74, 6) is 0.592. The zero-order chi connectivity index (χ0) is 16.1. The fourth-order valence-electron chi connectivity index (χ4n) is 3.64. The minimum Gasteiger partial charge on any atom is -0.478 e. The summed E-state index contributed by atoms with van der Waals surface area (Å²) in [6.07, 6.45) is 6.51. The van der Waals surface area contributed by atoms with Crippen LogP contribution >= 0.6 is 0 Å². The molecular weight excluding hydrogens is 292 g/mol. The number of ether oxygens (including phenoxy) is 1. The van der Waals surface area contributed by atoms with Crippen LogP contribution in [0.2, 0.25) is 0 Å². The molecule has 126 valence electrons. The Hall–Kier alpha value is -1.82. The molecule has 2 aliphatic rings. The van der Waals surface area contributed by atoms with Crippen molar-refractivity contribution in [3.63, 3.8) is 0 Å². The summed E-state index contributed by atoms with van der Waals surface area (Å²) in [5, 5.41) is 6.08. The zero-order valence-electron chi connectivity index (χ0n) is 13.8. The van der Waals surface area contributed by atoms with Crippen molar-refractivity contribution in [3.05, 3.63) is 23.9 Å². The van der Waals surface area contributed by atoms with E-state index in [1.165, 1.54) is 25.8 Å². The van der Waals surface area contributed by atoms with Gasteiger partial charge >= 0.3 is 6.03 Å². The van der Waals surface area contributed by atoms with Gasteiger partial charge in [-0.1, -0.05) is 12.5 Å². The standard InChI is InChI=1S/C17H26N4O2/c1-2-23-16-13(6-5-9-18-16)12-19-17(22)20-14-8-11-21-10-4-3-7-15(14)21/h5-6,9,14-15H,2-4,7-8,10-12H2,1H3,(H2,19,20,22). The molecule has 2 aliphatic heterocycles. The molecule has 6 nitrogen and oxygen atoms in total. The average Bonchev–Trinajstić information content (AvgIpc) is 2.98. The largest absolute Gasteiger partial charge is 0.478 e. The Morgan fingerprint density at radius 2 is 2.30 bits per heavy atom. The van der Waals surface area contributed by atoms with Gasteiger partial charge in [0.2, 0.25) is 5.88 Å². The van der Waals surface area contributed by atoms with Crippen molar-refractivity contribution < 1.29 is 9.53 Å². The third kappa shape index (κ3) is 3.93. The minimum atomic E-state index is -0.103. The molecule has 1 aromatic heterocycles. The highest BCUT2D eigenvalue weighted by atomic mass is 16.5. The van der Waals surface area contributed by atoms with Crippen molar-refractivity contribution in [2.75, 3.05) is 19.7 Å². The summed E-state index contributed by atoms with van der Waals surface area (Å²) in [5.41, 5.74) is 0.898. The van der Waals surface area contributed by atoms with Crippen LogP contribution in [0.3, 0.4) is 0 Å². The van der Waals surface area contributed by atoms with E-state index in [1.807, 2.05) is 19.1 Å². The van der Waals surface area contributed by atoms with Crippen molar-refractivity contribution in [3.8, 4) is 5.88 Å². The highest BCUT2D eigenvalue weighted by Gasteiger charge is 2.36. The Balaban J connectivity index is 1.50. The number of amides is 2. The first-order valence-electron chi connectivity index (χ1n) is 8.63. The molecule has 2 N–H and O–H groups in total. The first-order chi connectivity index (χ1) is 11.3. The van der Waals surface area contributed by atoms with E-state index >= 15 is 0 Å². The van der Waals surface area contributed by atoms with Crippen LogP contribution in [0, 0.1) is 0 Å². The number of nitrogens with one attached hydrogen (secondary N) is 2. The zero-order valence-corrected chi connectivity index (χ0v) is 13.8. The monoisotopic (exact) mass is 318 g/mol. The molecule has 0 aromatic carbocycles. The molecule has 3 heterocycles. The summed E-state index contributed by atoms with van der Waals surface area (Å²) in [6, 6.07) is 4.47. The van der Waals surface area contributed by atoms with Crippen LogP contribution in [0.25, 0.3) is 0 Å². The van der Waals surface area contributed by atoms with Gasteiger partial charge in [0.1, 0.15) is 0 Å². The fourth-order valence-corrected chi connectivity index (χ4v) is 3.64. The first kappa shape index (κ1) is 16.1. The Kier molecular flexibility index (Phi) is 5.33. The molecule has 2 unspecified atom stereocenters. The molecule has 0 radical (unpaired) electrons. The van der Waals surface area contributed by atoms with Crippen LogP contribution in [0.5, 0.6) is 5.88 Å². The molecule has 0 spiro atoms. The van der Waals surface area contributed by atoms with Gasteiger partial charge < -0.3 is 15.4 Å². The molecule has 2 saturated heterocycles. The molecular formula is C17H26N4O2. The van der Waals surface area contributed by atoms with Gasteiger partial charge in [-0.05, 0) is 38.8 Å². The molecule has 2 atom stereocenters. The van der Waals surface area contributed by atoms with Crippen LogP contribution in [0.15, 0.2) is 18.3 Å². The molecule has 2 amide bonds. The topological polar surface area (TPSA) is 66.5 Å². The number of carbonyl (C=O) groups is 1. The van der Waals surface area contributed by atoms with Crippen LogP contribution in [0.1, 0.15) is 38.2 Å². The number of hydrogen-bond acceptors (Lipinski definition) is 4. The van der Waals surface area contributed by atoms with Gasteiger partial charge in [0.05, 0.1) is 6.61 Å². The van der Waals surface area contributed by atoms with Gasteiger partial charge in [-0.3, -0.25) is 4.90 Å². The molecule has 0 aliphatic carbocycles. The summed E-state index contributed by atoms with van der Waals surface area (Å²) >= 11 is 0. The van der Waals surface area contributed by atoms with E-state index in [4.69, 9.17) is 4.74 Å². The van der Waals surface area contributed by atoms with Crippen LogP contribution < -0.4 is 15.4 Å². The predicted molar refractivity (Wildman–Crippen MR) is 88.4 cm³/mol. The number of urea groups is 1. The number of nitrogens with zero attached hydrogens (tertiary/aromatic N) is 2. The smallest absolute Gasteiger partial charge is 0.315 e. The highest BCUT2D eigenvalue weighted by molar-refractivity contribution is 5.74. The average molecular weight is 318 g/mol. The molecule has 23 heavy (non-hydrogen) atoms. The highest BCUT2D eigenvalue weighted by Crippen LogP contribution is 2.27. The number of pyridine rings is 1. The lowest BCUT2D eigenvalue weighted by Gasteiger charge is -2.32. The maximum absolute atomic E-state index is 12.2. The maximum atomic E-state index is 12.2. The van der Waals surface area contributed by atoms with Gasteiger partial charge in [0.25, 0.3) is 0 Å². The molecule has 0 bridgehead atoms. The Labute approximate surface area is 137 Å². The number of fused-ring (bicyclic) bond motifs is 1. The van der Waals surface area contributed by atoms with E-state index in [2.05, 4.69) is 20.5 Å². The minimum absolute atomic E-state index is 0.103. The van der Waals surface area contributed by atoms with E-state index in [1.54, 1.807) is 6.20 Å². The van der Waals surface area contributed by atoms with E-state index in [9.17, 15) is 4.79 Å². The second kappa shape index (κ2) is 7.64. The Bertz CT molecular complexity index is 537. The van der Waals surface area contributed by atoms with Crippen LogP contribution in [0.4, 0.5) is 4.79 Å². The summed E-state index contributed by atoms with van der Waals surface area (Å²) in [4.78, 5) is 18.9. The van der Waals surface area contributed by atoms with Gasteiger partial charge in [-0.25, -0.2) is 9.78 Å². The lowest BCUT2D eigenvalue weighted by atomic mass is 9.99. The number of aromatic nitrogens is 1.